The van der Waals surface area contributed by atoms with Gasteiger partial charge in [0.15, 0.2) is 0 Å². The van der Waals surface area contributed by atoms with Crippen LogP contribution in [0.4, 0.5) is 4.79 Å². The molecule has 4 nitrogen and oxygen atoms in total. The lowest BCUT2D eigenvalue weighted by Gasteiger charge is -2.40. The minimum atomic E-state index is -0.0125. The molecule has 1 unspecified atom stereocenters. The molecule has 1 atom stereocenters. The van der Waals surface area contributed by atoms with E-state index in [1.54, 1.807) is 17.5 Å². The second-order valence-corrected chi connectivity index (χ2v) is 7.86. The summed E-state index contributed by atoms with van der Waals surface area (Å²) in [4.78, 5) is 18.5. The van der Waals surface area contributed by atoms with Crippen molar-refractivity contribution in [2.45, 2.75) is 53.0 Å². The largest absolute Gasteiger partial charge is 0.329 e. The molecule has 1 saturated heterocycles. The lowest BCUT2D eigenvalue weighted by atomic mass is 9.74. The van der Waals surface area contributed by atoms with Crippen LogP contribution >= 0.6 is 11.3 Å². The summed E-state index contributed by atoms with van der Waals surface area (Å²) in [5.74, 6) is 0.723. The molecule has 118 valence electrons. The fourth-order valence-corrected chi connectivity index (χ4v) is 3.87. The normalized spacial score (nSPS) is 19.6. The second kappa shape index (κ2) is 6.77. The molecular weight excluding hydrogens is 282 g/mol. The maximum absolute atomic E-state index is 12.3. The minimum Gasteiger partial charge on any atom is -0.329 e. The van der Waals surface area contributed by atoms with Crippen molar-refractivity contribution in [1.82, 2.24) is 15.2 Å². The van der Waals surface area contributed by atoms with E-state index in [-0.39, 0.29) is 12.1 Å². The van der Waals surface area contributed by atoms with Crippen LogP contribution in [0.5, 0.6) is 0 Å². The summed E-state index contributed by atoms with van der Waals surface area (Å²) in [7, 11) is 0. The molecule has 0 radical (unpaired) electrons. The molecule has 2 rings (SSSR count). The monoisotopic (exact) mass is 309 g/mol. The Kier molecular flexibility index (Phi) is 5.25. The highest BCUT2D eigenvalue weighted by Gasteiger charge is 2.32. The zero-order valence-electron chi connectivity index (χ0n) is 13.6. The lowest BCUT2D eigenvalue weighted by molar-refractivity contribution is 0.110. The van der Waals surface area contributed by atoms with Crippen LogP contribution in [-0.4, -0.2) is 29.0 Å². The number of carbonyl (C=O) groups excluding carboxylic acids is 1. The molecule has 0 aliphatic carbocycles. The molecule has 5 heteroatoms. The van der Waals surface area contributed by atoms with E-state index >= 15 is 0 Å². The van der Waals surface area contributed by atoms with Crippen molar-refractivity contribution in [3.05, 3.63) is 16.6 Å². The van der Waals surface area contributed by atoms with Gasteiger partial charge in [0.1, 0.15) is 5.01 Å². The Labute approximate surface area is 132 Å². The Hall–Kier alpha value is -1.10. The summed E-state index contributed by atoms with van der Waals surface area (Å²) in [5.41, 5.74) is 0.395. The number of nitrogens with one attached hydrogen (secondary N) is 1. The number of piperidine rings is 1. The van der Waals surface area contributed by atoms with Gasteiger partial charge >= 0.3 is 6.03 Å². The Morgan fingerprint density at radius 2 is 2.10 bits per heavy atom. The van der Waals surface area contributed by atoms with Gasteiger partial charge in [0.25, 0.3) is 0 Å². The summed E-state index contributed by atoms with van der Waals surface area (Å²) in [5, 5.41) is 5.96. The van der Waals surface area contributed by atoms with E-state index in [4.69, 9.17) is 0 Å². The van der Waals surface area contributed by atoms with Crippen LogP contribution in [0.3, 0.4) is 0 Å². The predicted molar refractivity (Wildman–Crippen MR) is 87.4 cm³/mol. The Morgan fingerprint density at radius 1 is 1.43 bits per heavy atom. The molecule has 1 aliphatic rings. The highest BCUT2D eigenvalue weighted by atomic mass is 32.1. The third kappa shape index (κ3) is 4.43. The zero-order chi connectivity index (χ0) is 15.5. The molecule has 2 amide bonds. The number of hydrogen-bond acceptors (Lipinski definition) is 3. The van der Waals surface area contributed by atoms with Crippen molar-refractivity contribution < 1.29 is 4.79 Å². The molecule has 1 aromatic rings. The number of amides is 2. The average Bonchev–Trinajstić information content (AvgIpc) is 2.91. The fourth-order valence-electron chi connectivity index (χ4n) is 3.23. The molecule has 0 aromatic carbocycles. The number of carbonyl (C=O) groups is 1. The van der Waals surface area contributed by atoms with Gasteiger partial charge in [-0.1, -0.05) is 20.8 Å². The smallest absolute Gasteiger partial charge is 0.317 e. The summed E-state index contributed by atoms with van der Waals surface area (Å²) in [6, 6.07) is 0.0331. The van der Waals surface area contributed by atoms with Crippen LogP contribution in [-0.2, 0) is 0 Å². The lowest BCUT2D eigenvalue weighted by Crippen LogP contribution is -2.47. The number of rotatable bonds is 4. The van der Waals surface area contributed by atoms with Gasteiger partial charge in [-0.2, -0.15) is 0 Å². The Bertz CT molecular complexity index is 450. The molecule has 2 heterocycles. The number of nitrogens with zero attached hydrogens (tertiary/aromatic N) is 2. The van der Waals surface area contributed by atoms with Gasteiger partial charge in [-0.15, -0.1) is 11.3 Å². The number of hydrogen-bond donors (Lipinski definition) is 1. The Balaban J connectivity index is 1.83. The molecule has 0 spiro atoms. The van der Waals surface area contributed by atoms with Gasteiger partial charge in [-0.3, -0.25) is 0 Å². The van der Waals surface area contributed by atoms with Gasteiger partial charge in [-0.25, -0.2) is 9.78 Å². The molecule has 21 heavy (non-hydrogen) atoms. The quantitative estimate of drug-likeness (QED) is 0.911. The first kappa shape index (κ1) is 16.3. The fraction of sp³-hybridized carbons (Fsp3) is 0.750. The zero-order valence-corrected chi connectivity index (χ0v) is 14.4. The van der Waals surface area contributed by atoms with Crippen LogP contribution in [0.25, 0.3) is 0 Å². The standard InChI is InChI=1S/C16H27N3OS/c1-12(2)11-16(4)5-8-19(9-6-16)15(20)18-13(3)14-17-7-10-21-14/h7,10,12-13H,5-6,8-9,11H2,1-4H3,(H,18,20). The van der Waals surface area contributed by atoms with E-state index in [0.29, 0.717) is 5.41 Å². The topological polar surface area (TPSA) is 45.2 Å². The summed E-state index contributed by atoms with van der Waals surface area (Å²) in [6.45, 7) is 10.6. The second-order valence-electron chi connectivity index (χ2n) is 6.94. The van der Waals surface area contributed by atoms with E-state index in [1.165, 1.54) is 6.42 Å². The van der Waals surface area contributed by atoms with E-state index in [0.717, 1.165) is 36.9 Å². The maximum Gasteiger partial charge on any atom is 0.317 e. The first-order valence-corrected chi connectivity index (χ1v) is 8.72. The first-order valence-electron chi connectivity index (χ1n) is 7.84. The maximum atomic E-state index is 12.3. The summed E-state index contributed by atoms with van der Waals surface area (Å²) < 4.78 is 0. The molecule has 0 saturated carbocycles. The van der Waals surface area contributed by atoms with Crippen molar-refractivity contribution in [1.29, 1.82) is 0 Å². The highest BCUT2D eigenvalue weighted by molar-refractivity contribution is 7.09. The predicted octanol–water partition coefficient (Wildman–Crippen LogP) is 4.06. The molecular formula is C16H27N3OS. The molecule has 0 bridgehead atoms. The van der Waals surface area contributed by atoms with E-state index in [9.17, 15) is 4.79 Å². The SMILES string of the molecule is CC(C)CC1(C)CCN(C(=O)NC(C)c2nccs2)CC1. The van der Waals surface area contributed by atoms with Crippen molar-refractivity contribution >= 4 is 17.4 Å². The van der Waals surface area contributed by atoms with E-state index in [1.807, 2.05) is 17.2 Å². The van der Waals surface area contributed by atoms with Crippen molar-refractivity contribution in [3.8, 4) is 0 Å². The molecule has 1 aromatic heterocycles. The summed E-state index contributed by atoms with van der Waals surface area (Å²) >= 11 is 1.58. The highest BCUT2D eigenvalue weighted by Crippen LogP contribution is 2.37. The van der Waals surface area contributed by atoms with Gasteiger partial charge < -0.3 is 10.2 Å². The average molecular weight is 309 g/mol. The molecule has 1 aliphatic heterocycles. The van der Waals surface area contributed by atoms with Gasteiger partial charge in [0, 0.05) is 24.7 Å². The van der Waals surface area contributed by atoms with Gasteiger partial charge in [0.2, 0.25) is 0 Å². The number of likely N-dealkylation sites (tertiary alicyclic amines) is 1. The third-order valence-corrected chi connectivity index (χ3v) is 5.28. The number of thiazole rings is 1. The first-order chi connectivity index (χ1) is 9.89. The van der Waals surface area contributed by atoms with Crippen LogP contribution in [0, 0.1) is 11.3 Å². The number of aromatic nitrogens is 1. The minimum absolute atomic E-state index is 0.0125. The van der Waals surface area contributed by atoms with Crippen LogP contribution < -0.4 is 5.32 Å². The molecule has 1 N–H and O–H groups in total. The van der Waals surface area contributed by atoms with Crippen molar-refractivity contribution in [2.24, 2.45) is 11.3 Å². The van der Waals surface area contributed by atoms with E-state index in [2.05, 4.69) is 31.1 Å². The number of urea groups is 1. The van der Waals surface area contributed by atoms with Gasteiger partial charge in [0.05, 0.1) is 6.04 Å². The summed E-state index contributed by atoms with van der Waals surface area (Å²) in [6.07, 6.45) is 5.23. The van der Waals surface area contributed by atoms with Crippen molar-refractivity contribution in [3.63, 3.8) is 0 Å². The van der Waals surface area contributed by atoms with Crippen LogP contribution in [0.2, 0.25) is 0 Å². The third-order valence-electron chi connectivity index (χ3n) is 4.32. The van der Waals surface area contributed by atoms with Crippen LogP contribution in [0.1, 0.15) is 58.0 Å². The van der Waals surface area contributed by atoms with Crippen molar-refractivity contribution in [2.75, 3.05) is 13.1 Å². The Morgan fingerprint density at radius 3 is 2.62 bits per heavy atom. The van der Waals surface area contributed by atoms with E-state index < -0.39 is 0 Å². The molecule has 1 fully saturated rings. The van der Waals surface area contributed by atoms with Gasteiger partial charge in [-0.05, 0) is 37.5 Å². The van der Waals surface area contributed by atoms with Crippen LogP contribution in [0.15, 0.2) is 11.6 Å².